The highest BCUT2D eigenvalue weighted by Gasteiger charge is 2.22. The van der Waals surface area contributed by atoms with Crippen LogP contribution in [0.1, 0.15) is 16.8 Å². The number of nitrogens with one attached hydrogen (secondary N) is 1. The first kappa shape index (κ1) is 15.4. The van der Waals surface area contributed by atoms with Crippen molar-refractivity contribution < 1.29 is 8.42 Å². The van der Waals surface area contributed by atoms with Gasteiger partial charge in [0.1, 0.15) is 0 Å². The minimum absolute atomic E-state index is 0.368. The molecule has 2 heterocycles. The van der Waals surface area contributed by atoms with Gasteiger partial charge in [0, 0.05) is 11.1 Å². The Bertz CT molecular complexity index is 1020. The zero-order valence-corrected chi connectivity index (χ0v) is 14.4. The number of aromatic nitrogens is 1. The highest BCUT2D eigenvalue weighted by atomic mass is 32.2. The summed E-state index contributed by atoms with van der Waals surface area (Å²) in [4.78, 5) is 0.368. The molecule has 4 rings (SSSR count). The zero-order valence-electron chi connectivity index (χ0n) is 13.6. The minimum Gasteiger partial charge on any atom is -0.316 e. The third kappa shape index (κ3) is 2.44. The van der Waals surface area contributed by atoms with Gasteiger partial charge in [0.25, 0.3) is 10.0 Å². The highest BCUT2D eigenvalue weighted by Crippen LogP contribution is 2.27. The van der Waals surface area contributed by atoms with Crippen molar-refractivity contribution in [3.05, 3.63) is 65.4 Å². The third-order valence-corrected chi connectivity index (χ3v) is 6.51. The molecule has 5 heteroatoms. The van der Waals surface area contributed by atoms with Gasteiger partial charge in [0.05, 0.1) is 10.4 Å². The van der Waals surface area contributed by atoms with E-state index in [0.29, 0.717) is 4.90 Å². The number of nitrogens with zero attached hydrogens (tertiary/aromatic N) is 1. The van der Waals surface area contributed by atoms with Crippen LogP contribution >= 0.6 is 0 Å². The molecule has 4 nitrogen and oxygen atoms in total. The molecule has 0 radical (unpaired) electrons. The standard InChI is InChI=1S/C19H20N2O2S/c1-14-12-17-4-2-3-5-19(17)21(14)24(22,23)18-7-6-15-8-10-20-11-9-16(15)13-18/h2-7,12-13,20H,8-11H2,1H3. The summed E-state index contributed by atoms with van der Waals surface area (Å²) in [6.45, 7) is 3.67. The van der Waals surface area contributed by atoms with E-state index in [-0.39, 0.29) is 0 Å². The number of hydrogen-bond donors (Lipinski definition) is 1. The van der Waals surface area contributed by atoms with Crippen LogP contribution < -0.4 is 5.32 Å². The smallest absolute Gasteiger partial charge is 0.268 e. The van der Waals surface area contributed by atoms with E-state index in [2.05, 4.69) is 5.32 Å². The minimum atomic E-state index is -3.60. The molecule has 0 atom stereocenters. The van der Waals surface area contributed by atoms with Crippen LogP contribution in [0.15, 0.2) is 53.4 Å². The third-order valence-electron chi connectivity index (χ3n) is 4.70. The van der Waals surface area contributed by atoms with Crippen LogP contribution in [-0.2, 0) is 22.9 Å². The zero-order chi connectivity index (χ0) is 16.7. The van der Waals surface area contributed by atoms with Crippen LogP contribution in [0, 0.1) is 6.92 Å². The van der Waals surface area contributed by atoms with Gasteiger partial charge in [-0.05, 0) is 68.2 Å². The van der Waals surface area contributed by atoms with Gasteiger partial charge < -0.3 is 5.32 Å². The first-order valence-electron chi connectivity index (χ1n) is 8.22. The van der Waals surface area contributed by atoms with Gasteiger partial charge in [-0.3, -0.25) is 0 Å². The summed E-state index contributed by atoms with van der Waals surface area (Å²) in [6, 6.07) is 15.1. The Labute approximate surface area is 142 Å². The number of aryl methyl sites for hydroxylation is 1. The van der Waals surface area contributed by atoms with Crippen molar-refractivity contribution in [3.8, 4) is 0 Å². The van der Waals surface area contributed by atoms with Crippen LogP contribution in [-0.4, -0.2) is 25.5 Å². The Kier molecular flexibility index (Phi) is 3.70. The highest BCUT2D eigenvalue weighted by molar-refractivity contribution is 7.90. The Morgan fingerprint density at radius 3 is 2.54 bits per heavy atom. The molecule has 0 spiro atoms. The summed E-state index contributed by atoms with van der Waals surface area (Å²) in [7, 11) is -3.60. The van der Waals surface area contributed by atoms with Crippen molar-refractivity contribution in [2.75, 3.05) is 13.1 Å². The molecule has 0 aliphatic carbocycles. The number of para-hydroxylation sites is 1. The fourth-order valence-electron chi connectivity index (χ4n) is 3.50. The van der Waals surface area contributed by atoms with Crippen molar-refractivity contribution in [2.24, 2.45) is 0 Å². The molecule has 0 bridgehead atoms. The first-order chi connectivity index (χ1) is 11.6. The SMILES string of the molecule is Cc1cc2ccccc2n1S(=O)(=O)c1ccc2c(c1)CCNCC2. The average Bonchev–Trinajstić information content (AvgIpc) is 2.75. The molecule has 0 amide bonds. The first-order valence-corrected chi connectivity index (χ1v) is 9.66. The Morgan fingerprint density at radius 1 is 0.958 bits per heavy atom. The summed E-state index contributed by atoms with van der Waals surface area (Å²) >= 11 is 0. The summed E-state index contributed by atoms with van der Waals surface area (Å²) < 4.78 is 28.0. The lowest BCUT2D eigenvalue weighted by Gasteiger charge is -2.13. The number of benzene rings is 2. The summed E-state index contributed by atoms with van der Waals surface area (Å²) in [5, 5.41) is 4.30. The van der Waals surface area contributed by atoms with Gasteiger partial charge in [0.2, 0.25) is 0 Å². The molecular formula is C19H20N2O2S. The summed E-state index contributed by atoms with van der Waals surface area (Å²) in [5.74, 6) is 0. The second-order valence-electron chi connectivity index (χ2n) is 6.29. The van der Waals surface area contributed by atoms with Crippen LogP contribution in [0.3, 0.4) is 0 Å². The van der Waals surface area contributed by atoms with Crippen molar-refractivity contribution in [1.82, 2.24) is 9.29 Å². The van der Waals surface area contributed by atoms with E-state index >= 15 is 0 Å². The van der Waals surface area contributed by atoms with Gasteiger partial charge in [0.15, 0.2) is 0 Å². The largest absolute Gasteiger partial charge is 0.316 e. The summed E-state index contributed by atoms with van der Waals surface area (Å²) in [5.41, 5.74) is 3.84. The predicted octanol–water partition coefficient (Wildman–Crippen LogP) is 2.87. The second-order valence-corrected chi connectivity index (χ2v) is 8.08. The molecule has 0 fully saturated rings. The number of fused-ring (bicyclic) bond motifs is 2. The van der Waals surface area contributed by atoms with Crippen molar-refractivity contribution in [2.45, 2.75) is 24.7 Å². The van der Waals surface area contributed by atoms with E-state index in [1.807, 2.05) is 49.4 Å². The normalized spacial score (nSPS) is 15.2. The van der Waals surface area contributed by atoms with Gasteiger partial charge in [-0.25, -0.2) is 12.4 Å². The maximum Gasteiger partial charge on any atom is 0.268 e. The molecule has 0 saturated heterocycles. The van der Waals surface area contributed by atoms with E-state index < -0.39 is 10.0 Å². The van der Waals surface area contributed by atoms with E-state index in [0.717, 1.165) is 48.1 Å². The van der Waals surface area contributed by atoms with E-state index in [1.54, 1.807) is 6.07 Å². The van der Waals surface area contributed by atoms with Gasteiger partial charge in [-0.15, -0.1) is 0 Å². The average molecular weight is 340 g/mol. The Morgan fingerprint density at radius 2 is 1.71 bits per heavy atom. The fourth-order valence-corrected chi connectivity index (χ4v) is 5.10. The summed E-state index contributed by atoms with van der Waals surface area (Å²) in [6.07, 6.45) is 1.81. The van der Waals surface area contributed by atoms with Crippen LogP contribution in [0.4, 0.5) is 0 Å². The Balaban J connectivity index is 1.88. The van der Waals surface area contributed by atoms with Crippen molar-refractivity contribution in [1.29, 1.82) is 0 Å². The maximum atomic E-state index is 13.2. The molecule has 3 aromatic rings. The van der Waals surface area contributed by atoms with Gasteiger partial charge in [-0.2, -0.15) is 0 Å². The molecular weight excluding hydrogens is 320 g/mol. The lowest BCUT2D eigenvalue weighted by Crippen LogP contribution is -2.16. The predicted molar refractivity (Wildman–Crippen MR) is 96.0 cm³/mol. The van der Waals surface area contributed by atoms with Crippen LogP contribution in [0.25, 0.3) is 10.9 Å². The van der Waals surface area contributed by atoms with E-state index in [4.69, 9.17) is 0 Å². The molecule has 1 aliphatic heterocycles. The monoisotopic (exact) mass is 340 g/mol. The maximum absolute atomic E-state index is 13.2. The van der Waals surface area contributed by atoms with E-state index in [1.165, 1.54) is 9.54 Å². The lowest BCUT2D eigenvalue weighted by atomic mass is 10.0. The molecule has 0 unspecified atom stereocenters. The molecule has 1 N–H and O–H groups in total. The molecule has 2 aromatic carbocycles. The van der Waals surface area contributed by atoms with Gasteiger partial charge >= 0.3 is 0 Å². The van der Waals surface area contributed by atoms with Gasteiger partial charge in [-0.1, -0.05) is 24.3 Å². The van der Waals surface area contributed by atoms with Crippen molar-refractivity contribution >= 4 is 20.9 Å². The second kappa shape index (κ2) is 5.76. The lowest BCUT2D eigenvalue weighted by molar-refractivity contribution is 0.588. The topological polar surface area (TPSA) is 51.1 Å². The van der Waals surface area contributed by atoms with Crippen LogP contribution in [0.5, 0.6) is 0 Å². The molecule has 124 valence electrons. The quantitative estimate of drug-likeness (QED) is 0.780. The Hall–Kier alpha value is -2.11. The molecule has 24 heavy (non-hydrogen) atoms. The number of rotatable bonds is 2. The van der Waals surface area contributed by atoms with Crippen LogP contribution in [0.2, 0.25) is 0 Å². The number of hydrogen-bond acceptors (Lipinski definition) is 3. The van der Waals surface area contributed by atoms with E-state index in [9.17, 15) is 8.42 Å². The fraction of sp³-hybridized carbons (Fsp3) is 0.263. The van der Waals surface area contributed by atoms with Crippen molar-refractivity contribution in [3.63, 3.8) is 0 Å². The molecule has 0 saturated carbocycles. The molecule has 1 aliphatic rings. The molecule has 1 aromatic heterocycles.